The van der Waals surface area contributed by atoms with Crippen molar-refractivity contribution in [2.75, 3.05) is 33.8 Å². The van der Waals surface area contributed by atoms with Gasteiger partial charge in [0.15, 0.2) is 5.54 Å². The maximum Gasteiger partial charge on any atom is 0.278 e. The van der Waals surface area contributed by atoms with E-state index in [0.29, 0.717) is 5.56 Å². The number of hydrogen-bond donors (Lipinski definition) is 3. The van der Waals surface area contributed by atoms with Gasteiger partial charge in [0.2, 0.25) is 0 Å². The van der Waals surface area contributed by atoms with Gasteiger partial charge >= 0.3 is 0 Å². The van der Waals surface area contributed by atoms with Crippen LogP contribution in [0, 0.1) is 11.8 Å². The van der Waals surface area contributed by atoms with Crippen LogP contribution in [0.5, 0.6) is 0 Å². The lowest BCUT2D eigenvalue weighted by atomic mass is 9.96. The maximum atomic E-state index is 13.0. The predicted molar refractivity (Wildman–Crippen MR) is 134 cm³/mol. The summed E-state index contributed by atoms with van der Waals surface area (Å²) in [5.41, 5.74) is 2.60. The van der Waals surface area contributed by atoms with Gasteiger partial charge in [0.05, 0.1) is 12.7 Å². The second-order valence-corrected chi connectivity index (χ2v) is 8.90. The molecule has 0 radical (unpaired) electrons. The van der Waals surface area contributed by atoms with Crippen LogP contribution >= 0.6 is 0 Å². The summed E-state index contributed by atoms with van der Waals surface area (Å²) in [5.74, 6) is 3.89. The van der Waals surface area contributed by atoms with Crippen molar-refractivity contribution in [3.05, 3.63) is 70.8 Å². The number of morpholine rings is 1. The summed E-state index contributed by atoms with van der Waals surface area (Å²) in [6.45, 7) is 6.83. The summed E-state index contributed by atoms with van der Waals surface area (Å²) in [5, 5.41) is 11.4. The van der Waals surface area contributed by atoms with Crippen LogP contribution in [0.25, 0.3) is 0 Å². The molecule has 2 unspecified atom stereocenters. The van der Waals surface area contributed by atoms with E-state index in [9.17, 15) is 14.4 Å². The lowest BCUT2D eigenvalue weighted by Gasteiger charge is -2.34. The first kappa shape index (κ1) is 26.9. The molecule has 0 bridgehead atoms. The Morgan fingerprint density at radius 1 is 1.08 bits per heavy atom. The standard InChI is InChI=1S/C27H32N4O5/c1-19-17-31(15-16-36-19)18-22-9-7-20(8-10-22)5-6-21-11-13-23(14-12-21)24(32)30(4)27(2,25(33)28-3)26(34)29-35/h7-14,19,35H,15-18H2,1-4H3,(H,28,33)(H,29,34). The van der Waals surface area contributed by atoms with Crippen LogP contribution in [0.15, 0.2) is 48.5 Å². The highest BCUT2D eigenvalue weighted by atomic mass is 16.5. The minimum atomic E-state index is -1.94. The summed E-state index contributed by atoms with van der Waals surface area (Å²) in [6.07, 6.45) is 0.256. The molecule has 9 nitrogen and oxygen atoms in total. The summed E-state index contributed by atoms with van der Waals surface area (Å²) >= 11 is 0. The van der Waals surface area contributed by atoms with E-state index in [-0.39, 0.29) is 11.7 Å². The smallest absolute Gasteiger partial charge is 0.278 e. The van der Waals surface area contributed by atoms with Gasteiger partial charge in [0.1, 0.15) is 0 Å². The average molecular weight is 493 g/mol. The van der Waals surface area contributed by atoms with E-state index in [4.69, 9.17) is 9.94 Å². The second kappa shape index (κ2) is 11.8. The molecular weight excluding hydrogens is 460 g/mol. The quantitative estimate of drug-likeness (QED) is 0.243. The number of nitrogens with zero attached hydrogens (tertiary/aromatic N) is 2. The fraction of sp³-hybridized carbons (Fsp3) is 0.370. The SMILES string of the molecule is CNC(=O)C(C)(C(=O)NO)N(C)C(=O)c1ccc(C#Cc2ccc(CN3CCOC(C)C3)cc2)cc1. The molecule has 3 rings (SSSR count). The third-order valence-corrected chi connectivity index (χ3v) is 6.36. The largest absolute Gasteiger partial charge is 0.376 e. The molecule has 2 aromatic rings. The average Bonchev–Trinajstić information content (AvgIpc) is 2.90. The Hall–Kier alpha value is -3.71. The molecule has 0 saturated carbocycles. The molecule has 3 N–H and O–H groups in total. The van der Waals surface area contributed by atoms with Crippen molar-refractivity contribution in [1.29, 1.82) is 0 Å². The highest BCUT2D eigenvalue weighted by Gasteiger charge is 2.47. The first-order chi connectivity index (χ1) is 17.2. The van der Waals surface area contributed by atoms with Gasteiger partial charge in [-0.15, -0.1) is 0 Å². The van der Waals surface area contributed by atoms with Gasteiger partial charge < -0.3 is 15.0 Å². The highest BCUT2D eigenvalue weighted by Crippen LogP contribution is 2.18. The third-order valence-electron chi connectivity index (χ3n) is 6.36. The van der Waals surface area contributed by atoms with Crippen molar-refractivity contribution in [2.24, 2.45) is 0 Å². The topological polar surface area (TPSA) is 111 Å². The zero-order chi connectivity index (χ0) is 26.3. The van der Waals surface area contributed by atoms with Crippen molar-refractivity contribution in [2.45, 2.75) is 32.0 Å². The van der Waals surface area contributed by atoms with Crippen LogP contribution in [-0.4, -0.2) is 78.2 Å². The molecule has 0 aromatic heterocycles. The molecule has 36 heavy (non-hydrogen) atoms. The number of carbonyl (C=O) groups excluding carboxylic acids is 3. The molecule has 2 aromatic carbocycles. The van der Waals surface area contributed by atoms with Crippen LogP contribution in [-0.2, 0) is 20.9 Å². The minimum absolute atomic E-state index is 0.256. The molecule has 9 heteroatoms. The van der Waals surface area contributed by atoms with Crippen molar-refractivity contribution in [1.82, 2.24) is 20.6 Å². The molecule has 2 atom stereocenters. The van der Waals surface area contributed by atoms with Crippen molar-refractivity contribution < 1.29 is 24.3 Å². The molecule has 1 fully saturated rings. The summed E-state index contributed by atoms with van der Waals surface area (Å²) in [4.78, 5) is 40.8. The number of likely N-dealkylation sites (N-methyl/N-ethyl adjacent to an activating group) is 2. The number of carbonyl (C=O) groups is 3. The van der Waals surface area contributed by atoms with Crippen molar-refractivity contribution in [3.8, 4) is 11.8 Å². The zero-order valence-electron chi connectivity index (χ0n) is 21.0. The Labute approximate surface area is 211 Å². The molecule has 3 amide bonds. The van der Waals surface area contributed by atoms with Gasteiger partial charge in [-0.2, -0.15) is 0 Å². The lowest BCUT2D eigenvalue weighted by Crippen LogP contribution is -2.64. The summed E-state index contributed by atoms with van der Waals surface area (Å²) in [7, 11) is 2.67. The lowest BCUT2D eigenvalue weighted by molar-refractivity contribution is -0.148. The van der Waals surface area contributed by atoms with Gasteiger partial charge in [0.25, 0.3) is 17.7 Å². The number of hydrogen-bond acceptors (Lipinski definition) is 6. The van der Waals surface area contributed by atoms with Crippen molar-refractivity contribution in [3.63, 3.8) is 0 Å². The van der Waals surface area contributed by atoms with E-state index in [0.717, 1.165) is 36.7 Å². The second-order valence-electron chi connectivity index (χ2n) is 8.90. The Balaban J connectivity index is 1.67. The number of amides is 3. The van der Waals surface area contributed by atoms with Gasteiger partial charge in [0, 0.05) is 50.4 Å². The number of nitrogens with one attached hydrogen (secondary N) is 2. The fourth-order valence-electron chi connectivity index (χ4n) is 3.98. The fourth-order valence-corrected chi connectivity index (χ4v) is 3.98. The number of hydroxylamine groups is 1. The van der Waals surface area contributed by atoms with Crippen LogP contribution in [0.2, 0.25) is 0 Å². The molecule has 0 aliphatic carbocycles. The summed E-state index contributed by atoms with van der Waals surface area (Å²) in [6, 6.07) is 14.7. The minimum Gasteiger partial charge on any atom is -0.376 e. The molecule has 0 spiro atoms. The van der Waals surface area contributed by atoms with Crippen LogP contribution < -0.4 is 10.8 Å². The Morgan fingerprint density at radius 2 is 1.67 bits per heavy atom. The molecular formula is C27H32N4O5. The molecule has 1 saturated heterocycles. The van der Waals surface area contributed by atoms with E-state index >= 15 is 0 Å². The van der Waals surface area contributed by atoms with E-state index in [1.54, 1.807) is 24.3 Å². The predicted octanol–water partition coefficient (Wildman–Crippen LogP) is 1.39. The summed E-state index contributed by atoms with van der Waals surface area (Å²) < 4.78 is 5.59. The van der Waals surface area contributed by atoms with Crippen molar-refractivity contribution >= 4 is 17.7 Å². The monoisotopic (exact) mass is 492 g/mol. The Kier molecular flexibility index (Phi) is 8.83. The Morgan fingerprint density at radius 3 is 2.19 bits per heavy atom. The molecule has 190 valence electrons. The zero-order valence-corrected chi connectivity index (χ0v) is 21.0. The van der Waals surface area contributed by atoms with Crippen LogP contribution in [0.4, 0.5) is 0 Å². The van der Waals surface area contributed by atoms with E-state index in [1.807, 2.05) is 12.1 Å². The van der Waals surface area contributed by atoms with Gasteiger partial charge in [-0.25, -0.2) is 5.48 Å². The van der Waals surface area contributed by atoms with Gasteiger partial charge in [-0.05, 0) is 55.8 Å². The van der Waals surface area contributed by atoms with E-state index < -0.39 is 23.3 Å². The molecule has 1 heterocycles. The number of benzene rings is 2. The van der Waals surface area contributed by atoms with E-state index in [1.165, 1.54) is 32.1 Å². The maximum absolute atomic E-state index is 13.0. The number of ether oxygens (including phenoxy) is 1. The first-order valence-electron chi connectivity index (χ1n) is 11.7. The molecule has 1 aliphatic rings. The Bertz CT molecular complexity index is 1140. The first-order valence-corrected chi connectivity index (χ1v) is 11.7. The number of rotatable bonds is 6. The highest BCUT2D eigenvalue weighted by molar-refractivity contribution is 6.12. The van der Waals surface area contributed by atoms with Crippen LogP contribution in [0.3, 0.4) is 0 Å². The van der Waals surface area contributed by atoms with E-state index in [2.05, 4.69) is 41.1 Å². The third kappa shape index (κ3) is 6.10. The normalized spacial score (nSPS) is 17.2. The van der Waals surface area contributed by atoms with Gasteiger partial charge in [-0.3, -0.25) is 24.5 Å². The van der Waals surface area contributed by atoms with Crippen LogP contribution in [0.1, 0.15) is 40.9 Å². The molecule has 1 aliphatic heterocycles. The van der Waals surface area contributed by atoms with Gasteiger partial charge in [-0.1, -0.05) is 24.0 Å².